The Morgan fingerprint density at radius 2 is 1.67 bits per heavy atom. The molecular weight excluding hydrogens is 529 g/mol. The summed E-state index contributed by atoms with van der Waals surface area (Å²) in [6.45, 7) is -0.276. The molecule has 160 valence electrons. The number of ether oxygens (including phenoxy) is 2. The molecule has 12 heteroatoms. The topological polar surface area (TPSA) is 105 Å². The molecule has 0 saturated heterocycles. The van der Waals surface area contributed by atoms with Crippen molar-refractivity contribution in [2.24, 2.45) is 0 Å². The third-order valence-electron chi connectivity index (χ3n) is 3.47. The molecule has 0 atom stereocenters. The number of hydrogen-bond acceptors (Lipinski definition) is 6. The number of benzene rings is 2. The standard InChI is InChI=1S/C18H12F4INO6/c19-12-11(17(26)27)13(20)15(22)16(14(12)21)30-10(25)5-2-6-29-18(28)24-9-4-1-3-8(23)7-9/h1,3-4,7H,2,5-6H2,(H,24,28)(H,26,27)/p-1. The van der Waals surface area contributed by atoms with E-state index in [4.69, 9.17) is 4.74 Å². The number of halogens is 5. The highest BCUT2D eigenvalue weighted by molar-refractivity contribution is 14.1. The smallest absolute Gasteiger partial charge is 0.411 e. The van der Waals surface area contributed by atoms with E-state index in [2.05, 4.69) is 10.1 Å². The van der Waals surface area contributed by atoms with Crippen LogP contribution in [0.3, 0.4) is 0 Å². The molecular formula is C18H11F4INO6-. The van der Waals surface area contributed by atoms with Crippen LogP contribution in [-0.4, -0.2) is 24.6 Å². The van der Waals surface area contributed by atoms with Crippen molar-refractivity contribution in [3.8, 4) is 5.75 Å². The Hall–Kier alpha value is -2.90. The first-order chi connectivity index (χ1) is 14.1. The predicted octanol–water partition coefficient (Wildman–Crippen LogP) is 3.15. The van der Waals surface area contributed by atoms with Crippen LogP contribution < -0.4 is 15.2 Å². The van der Waals surface area contributed by atoms with Crippen molar-refractivity contribution >= 4 is 46.3 Å². The van der Waals surface area contributed by atoms with Gasteiger partial charge in [0.15, 0.2) is 11.6 Å². The molecule has 0 bridgehead atoms. The zero-order chi connectivity index (χ0) is 22.4. The fourth-order valence-corrected chi connectivity index (χ4v) is 2.69. The number of aromatic carboxylic acids is 1. The number of amides is 1. The van der Waals surface area contributed by atoms with Crippen LogP contribution in [-0.2, 0) is 9.53 Å². The molecule has 1 N–H and O–H groups in total. The molecule has 0 saturated carbocycles. The van der Waals surface area contributed by atoms with Crippen molar-refractivity contribution in [3.05, 3.63) is 56.7 Å². The SMILES string of the molecule is O=C(CCCOC(=O)Nc1cccc(I)c1)Oc1c(F)c(F)c(C(=O)[O-])c(F)c1F. The molecule has 0 aliphatic carbocycles. The lowest BCUT2D eigenvalue weighted by Crippen LogP contribution is -2.27. The summed E-state index contributed by atoms with van der Waals surface area (Å²) in [7, 11) is 0. The lowest BCUT2D eigenvalue weighted by atomic mass is 10.1. The van der Waals surface area contributed by atoms with Gasteiger partial charge in [-0.15, -0.1) is 0 Å². The van der Waals surface area contributed by atoms with Crippen LogP contribution in [0.15, 0.2) is 24.3 Å². The van der Waals surface area contributed by atoms with Gasteiger partial charge in [0.05, 0.1) is 18.1 Å². The first-order valence-electron chi connectivity index (χ1n) is 8.09. The molecule has 7 nitrogen and oxygen atoms in total. The number of rotatable bonds is 7. The molecule has 0 radical (unpaired) electrons. The van der Waals surface area contributed by atoms with Gasteiger partial charge in [0.2, 0.25) is 17.4 Å². The molecule has 0 aromatic heterocycles. The van der Waals surface area contributed by atoms with Gasteiger partial charge in [0, 0.05) is 15.7 Å². The van der Waals surface area contributed by atoms with Crippen molar-refractivity contribution in [1.82, 2.24) is 0 Å². The quantitative estimate of drug-likeness (QED) is 0.145. The van der Waals surface area contributed by atoms with Gasteiger partial charge in [-0.2, -0.15) is 8.78 Å². The Kier molecular flexibility index (Phi) is 7.97. The second kappa shape index (κ2) is 10.2. The van der Waals surface area contributed by atoms with E-state index in [1.54, 1.807) is 24.3 Å². The second-order valence-corrected chi connectivity index (χ2v) is 6.84. The monoisotopic (exact) mass is 540 g/mol. The maximum Gasteiger partial charge on any atom is 0.411 e. The predicted molar refractivity (Wildman–Crippen MR) is 99.6 cm³/mol. The minimum Gasteiger partial charge on any atom is -0.545 e. The highest BCUT2D eigenvalue weighted by Gasteiger charge is 2.28. The molecule has 2 aromatic rings. The van der Waals surface area contributed by atoms with Gasteiger partial charge in [-0.1, -0.05) is 6.07 Å². The normalized spacial score (nSPS) is 10.4. The van der Waals surface area contributed by atoms with Crippen molar-refractivity contribution in [3.63, 3.8) is 0 Å². The van der Waals surface area contributed by atoms with E-state index < -0.39 is 59.0 Å². The van der Waals surface area contributed by atoms with Crippen LogP contribution in [0.4, 0.5) is 28.0 Å². The van der Waals surface area contributed by atoms with Gasteiger partial charge in [-0.25, -0.2) is 13.6 Å². The zero-order valence-electron chi connectivity index (χ0n) is 14.8. The summed E-state index contributed by atoms with van der Waals surface area (Å²) in [5, 5.41) is 13.0. The minimum absolute atomic E-state index is 0.135. The van der Waals surface area contributed by atoms with Crippen LogP contribution in [0, 0.1) is 26.8 Å². The molecule has 2 rings (SSSR count). The van der Waals surface area contributed by atoms with Crippen molar-refractivity contribution < 1.29 is 46.5 Å². The Bertz CT molecular complexity index is 972. The number of carboxylic acid groups (broad SMARTS) is 1. The number of esters is 1. The summed E-state index contributed by atoms with van der Waals surface area (Å²) in [5.41, 5.74) is -1.49. The number of nitrogens with one attached hydrogen (secondary N) is 1. The molecule has 2 aromatic carbocycles. The second-order valence-electron chi connectivity index (χ2n) is 5.60. The third-order valence-corrected chi connectivity index (χ3v) is 4.14. The number of carbonyl (C=O) groups is 3. The van der Waals surface area contributed by atoms with E-state index in [1.165, 1.54) is 0 Å². The first kappa shape index (κ1) is 23.4. The lowest BCUT2D eigenvalue weighted by Gasteiger charge is -2.12. The molecule has 0 heterocycles. The van der Waals surface area contributed by atoms with Gasteiger partial charge < -0.3 is 19.4 Å². The summed E-state index contributed by atoms with van der Waals surface area (Å²) in [6.07, 6.45) is -1.48. The van der Waals surface area contributed by atoms with E-state index in [0.29, 0.717) is 5.69 Å². The first-order valence-corrected chi connectivity index (χ1v) is 9.17. The van der Waals surface area contributed by atoms with Crippen molar-refractivity contribution in [2.75, 3.05) is 11.9 Å². The maximum absolute atomic E-state index is 13.7. The number of carbonyl (C=O) groups excluding carboxylic acids is 3. The molecule has 30 heavy (non-hydrogen) atoms. The van der Waals surface area contributed by atoms with Crippen LogP contribution in [0.2, 0.25) is 0 Å². The average Bonchev–Trinajstić information content (AvgIpc) is 2.67. The molecule has 0 fully saturated rings. The lowest BCUT2D eigenvalue weighted by molar-refractivity contribution is -0.255. The van der Waals surface area contributed by atoms with Crippen molar-refractivity contribution in [2.45, 2.75) is 12.8 Å². The maximum atomic E-state index is 13.7. The molecule has 0 unspecified atom stereocenters. The van der Waals surface area contributed by atoms with Crippen LogP contribution in [0.5, 0.6) is 5.75 Å². The van der Waals surface area contributed by atoms with E-state index >= 15 is 0 Å². The minimum atomic E-state index is -2.48. The highest BCUT2D eigenvalue weighted by atomic mass is 127. The molecule has 0 aliphatic heterocycles. The Morgan fingerprint density at radius 3 is 2.23 bits per heavy atom. The summed E-state index contributed by atoms with van der Waals surface area (Å²) in [5.74, 6) is -14.4. The molecule has 1 amide bonds. The highest BCUT2D eigenvalue weighted by Crippen LogP contribution is 2.30. The Morgan fingerprint density at radius 1 is 1.03 bits per heavy atom. The fraction of sp³-hybridized carbons (Fsp3) is 0.167. The zero-order valence-corrected chi connectivity index (χ0v) is 16.9. The number of anilines is 1. The van der Waals surface area contributed by atoms with Gasteiger partial charge in [0.1, 0.15) is 0 Å². The number of hydrogen-bond donors (Lipinski definition) is 1. The van der Waals surface area contributed by atoms with Gasteiger partial charge >= 0.3 is 12.1 Å². The van der Waals surface area contributed by atoms with Crippen LogP contribution in [0.25, 0.3) is 0 Å². The largest absolute Gasteiger partial charge is 0.545 e. The molecule has 0 spiro atoms. The van der Waals surface area contributed by atoms with E-state index in [1.807, 2.05) is 22.6 Å². The summed E-state index contributed by atoms with van der Waals surface area (Å²) in [6, 6.07) is 6.80. The Balaban J connectivity index is 1.88. The van der Waals surface area contributed by atoms with Crippen LogP contribution in [0.1, 0.15) is 23.2 Å². The van der Waals surface area contributed by atoms with E-state index in [9.17, 15) is 37.1 Å². The fourth-order valence-electron chi connectivity index (χ4n) is 2.15. The van der Waals surface area contributed by atoms with Gasteiger partial charge in [0.25, 0.3) is 0 Å². The number of carboxylic acids is 1. The third kappa shape index (κ3) is 5.81. The summed E-state index contributed by atoms with van der Waals surface area (Å²) in [4.78, 5) is 33.8. The average molecular weight is 540 g/mol. The summed E-state index contributed by atoms with van der Waals surface area (Å²) >= 11 is 2.04. The molecule has 0 aliphatic rings. The van der Waals surface area contributed by atoms with Crippen LogP contribution >= 0.6 is 22.6 Å². The van der Waals surface area contributed by atoms with E-state index in [-0.39, 0.29) is 13.0 Å². The van der Waals surface area contributed by atoms with E-state index in [0.717, 1.165) is 3.57 Å². The van der Waals surface area contributed by atoms with Crippen molar-refractivity contribution in [1.29, 1.82) is 0 Å². The van der Waals surface area contributed by atoms with Gasteiger partial charge in [-0.3, -0.25) is 10.1 Å². The van der Waals surface area contributed by atoms with Gasteiger partial charge in [-0.05, 0) is 47.2 Å². The Labute approximate surface area is 180 Å². The summed E-state index contributed by atoms with van der Waals surface area (Å²) < 4.78 is 64.5.